The van der Waals surface area contributed by atoms with E-state index in [4.69, 9.17) is 5.73 Å². The van der Waals surface area contributed by atoms with Crippen molar-refractivity contribution >= 4 is 34.6 Å². The maximum absolute atomic E-state index is 12.5. The minimum absolute atomic E-state index is 0.0364. The molecule has 0 fully saturated rings. The number of fused-ring (bicyclic) bond motifs is 1. The molecule has 0 radical (unpaired) electrons. The lowest BCUT2D eigenvalue weighted by Crippen LogP contribution is -2.36. The molecular formula is C18H13N7O5. The Morgan fingerprint density at radius 2 is 1.97 bits per heavy atom. The number of aromatic carboxylic acids is 1. The fourth-order valence-corrected chi connectivity index (χ4v) is 2.80. The maximum Gasteiger partial charge on any atom is 0.354 e. The SMILES string of the molecule is Nc1c(Nc2cccc(CNC(=O)c3cc(C(=O)O)n4nncc4n3)c2)c(=O)c1=O. The summed E-state index contributed by atoms with van der Waals surface area (Å²) in [5.41, 5.74) is 4.97. The highest BCUT2D eigenvalue weighted by molar-refractivity contribution is 5.95. The lowest BCUT2D eigenvalue weighted by Gasteiger charge is -2.11. The highest BCUT2D eigenvalue weighted by Gasteiger charge is 2.19. The molecule has 0 atom stereocenters. The van der Waals surface area contributed by atoms with Gasteiger partial charge in [0, 0.05) is 18.3 Å². The van der Waals surface area contributed by atoms with Gasteiger partial charge in [0.1, 0.15) is 17.1 Å². The van der Waals surface area contributed by atoms with Gasteiger partial charge < -0.3 is 21.5 Å². The minimum atomic E-state index is -1.28. The Balaban J connectivity index is 1.49. The Kier molecular flexibility index (Phi) is 4.43. The van der Waals surface area contributed by atoms with E-state index < -0.39 is 22.7 Å². The summed E-state index contributed by atoms with van der Waals surface area (Å²) in [4.78, 5) is 50.6. The van der Waals surface area contributed by atoms with E-state index >= 15 is 0 Å². The normalized spacial score (nSPS) is 10.9. The first-order valence-corrected chi connectivity index (χ1v) is 8.53. The van der Waals surface area contributed by atoms with Crippen LogP contribution in [-0.2, 0) is 6.54 Å². The quantitative estimate of drug-likeness (QED) is 0.309. The fourth-order valence-electron chi connectivity index (χ4n) is 2.80. The third kappa shape index (κ3) is 3.22. The molecule has 12 nitrogen and oxygen atoms in total. The van der Waals surface area contributed by atoms with Gasteiger partial charge in [0.15, 0.2) is 11.3 Å². The van der Waals surface area contributed by atoms with Crippen molar-refractivity contribution in [2.75, 3.05) is 11.1 Å². The first kappa shape index (κ1) is 18.7. The number of carboxylic acids is 1. The summed E-state index contributed by atoms with van der Waals surface area (Å²) in [6.45, 7) is 0.0997. The zero-order valence-corrected chi connectivity index (χ0v) is 15.1. The maximum atomic E-state index is 12.5. The standard InChI is InChI=1S/C18H13N7O5/c19-13-14(16(27)15(13)26)22-9-3-1-2-8(4-9)6-20-17(28)10-5-11(18(29)30)25-12(23-10)7-21-24-25/h1-5,7,22H,6,19H2,(H,20,28)(H,29,30). The van der Waals surface area contributed by atoms with Crippen LogP contribution in [0.3, 0.4) is 0 Å². The van der Waals surface area contributed by atoms with Gasteiger partial charge >= 0.3 is 5.97 Å². The van der Waals surface area contributed by atoms with Crippen molar-refractivity contribution in [1.29, 1.82) is 0 Å². The molecule has 0 aliphatic carbocycles. The van der Waals surface area contributed by atoms with E-state index in [1.807, 2.05) is 0 Å². The van der Waals surface area contributed by atoms with Gasteiger partial charge in [0.05, 0.1) is 6.20 Å². The van der Waals surface area contributed by atoms with Gasteiger partial charge in [-0.15, -0.1) is 5.10 Å². The Morgan fingerprint density at radius 3 is 2.70 bits per heavy atom. The predicted octanol–water partition coefficient (Wildman–Crippen LogP) is -0.326. The monoisotopic (exact) mass is 407 g/mol. The molecule has 150 valence electrons. The van der Waals surface area contributed by atoms with Gasteiger partial charge in [0.25, 0.3) is 16.8 Å². The fraction of sp³-hybridized carbons (Fsp3) is 0.0556. The number of carbonyl (C=O) groups excluding carboxylic acids is 1. The first-order valence-electron chi connectivity index (χ1n) is 8.53. The second-order valence-corrected chi connectivity index (χ2v) is 6.29. The van der Waals surface area contributed by atoms with Crippen LogP contribution in [0.4, 0.5) is 17.1 Å². The van der Waals surface area contributed by atoms with Crippen LogP contribution in [0.1, 0.15) is 26.5 Å². The number of benzene rings is 1. The summed E-state index contributed by atoms with van der Waals surface area (Å²) in [6.07, 6.45) is 1.24. The smallest absolute Gasteiger partial charge is 0.354 e. The number of nitrogen functional groups attached to an aromatic ring is 1. The van der Waals surface area contributed by atoms with Crippen molar-refractivity contribution in [2.45, 2.75) is 6.54 Å². The molecule has 30 heavy (non-hydrogen) atoms. The van der Waals surface area contributed by atoms with Crippen molar-refractivity contribution in [3.05, 3.63) is 73.9 Å². The van der Waals surface area contributed by atoms with E-state index in [-0.39, 0.29) is 35.0 Å². The molecule has 0 unspecified atom stereocenters. The zero-order chi connectivity index (χ0) is 21.4. The second-order valence-electron chi connectivity index (χ2n) is 6.29. The van der Waals surface area contributed by atoms with Crippen LogP contribution in [0.5, 0.6) is 0 Å². The van der Waals surface area contributed by atoms with E-state index in [2.05, 4.69) is 25.9 Å². The van der Waals surface area contributed by atoms with Crippen molar-refractivity contribution in [3.8, 4) is 0 Å². The largest absolute Gasteiger partial charge is 0.477 e. The number of anilines is 3. The number of nitrogens with zero attached hydrogens (tertiary/aromatic N) is 4. The van der Waals surface area contributed by atoms with Gasteiger partial charge in [-0.25, -0.2) is 9.78 Å². The topological polar surface area (TPSA) is 182 Å². The Bertz CT molecular complexity index is 1380. The third-order valence-electron chi connectivity index (χ3n) is 4.32. The molecule has 2 heterocycles. The van der Waals surface area contributed by atoms with E-state index in [1.165, 1.54) is 6.20 Å². The van der Waals surface area contributed by atoms with Crippen molar-refractivity contribution in [2.24, 2.45) is 0 Å². The highest BCUT2D eigenvalue weighted by Crippen LogP contribution is 2.19. The molecule has 0 spiro atoms. The van der Waals surface area contributed by atoms with Gasteiger partial charge in [0.2, 0.25) is 0 Å². The predicted molar refractivity (Wildman–Crippen MR) is 104 cm³/mol. The van der Waals surface area contributed by atoms with Crippen LogP contribution in [0.15, 0.2) is 46.1 Å². The second kappa shape index (κ2) is 7.09. The Labute approximate surface area is 166 Å². The zero-order valence-electron chi connectivity index (χ0n) is 15.1. The number of nitrogens with two attached hydrogens (primary N) is 1. The summed E-state index contributed by atoms with van der Waals surface area (Å²) in [7, 11) is 0. The van der Waals surface area contributed by atoms with E-state index in [9.17, 15) is 24.3 Å². The van der Waals surface area contributed by atoms with E-state index in [0.717, 1.165) is 10.6 Å². The molecule has 0 aliphatic heterocycles. The van der Waals surface area contributed by atoms with Gasteiger partial charge in [-0.05, 0) is 17.7 Å². The molecule has 5 N–H and O–H groups in total. The number of nitrogens with one attached hydrogen (secondary N) is 2. The van der Waals surface area contributed by atoms with Crippen LogP contribution in [0, 0.1) is 0 Å². The molecule has 1 amide bonds. The van der Waals surface area contributed by atoms with Crippen LogP contribution in [0.2, 0.25) is 0 Å². The minimum Gasteiger partial charge on any atom is -0.477 e. The lowest BCUT2D eigenvalue weighted by molar-refractivity contribution is 0.0687. The van der Waals surface area contributed by atoms with Crippen LogP contribution in [-0.4, -0.2) is 36.8 Å². The summed E-state index contributed by atoms with van der Waals surface area (Å²) >= 11 is 0. The number of hydrogen-bond donors (Lipinski definition) is 4. The van der Waals surface area contributed by atoms with E-state index in [1.54, 1.807) is 24.3 Å². The average molecular weight is 407 g/mol. The summed E-state index contributed by atoms with van der Waals surface area (Å²) in [5.74, 6) is -1.87. The molecular weight excluding hydrogens is 394 g/mol. The molecule has 2 aromatic heterocycles. The summed E-state index contributed by atoms with van der Waals surface area (Å²) in [6, 6.07) is 7.86. The van der Waals surface area contributed by atoms with Crippen LogP contribution >= 0.6 is 0 Å². The van der Waals surface area contributed by atoms with Gasteiger partial charge in [-0.1, -0.05) is 17.3 Å². The molecule has 0 aliphatic rings. The molecule has 4 aromatic rings. The third-order valence-corrected chi connectivity index (χ3v) is 4.32. The number of amides is 1. The number of hydrogen-bond acceptors (Lipinski definition) is 9. The van der Waals surface area contributed by atoms with E-state index in [0.29, 0.717) is 11.3 Å². The summed E-state index contributed by atoms with van der Waals surface area (Å²) < 4.78 is 1.02. The number of aromatic nitrogens is 4. The summed E-state index contributed by atoms with van der Waals surface area (Å²) in [5, 5.41) is 21.9. The first-order chi connectivity index (χ1) is 14.3. The average Bonchev–Trinajstić information content (AvgIpc) is 3.23. The van der Waals surface area contributed by atoms with Gasteiger partial charge in [-0.3, -0.25) is 14.4 Å². The Morgan fingerprint density at radius 1 is 1.17 bits per heavy atom. The number of rotatable bonds is 6. The number of carbonyl (C=O) groups is 2. The lowest BCUT2D eigenvalue weighted by atomic mass is 10.1. The van der Waals surface area contributed by atoms with Crippen LogP contribution in [0.25, 0.3) is 5.65 Å². The molecule has 2 aromatic carbocycles. The van der Waals surface area contributed by atoms with Crippen molar-refractivity contribution in [3.63, 3.8) is 0 Å². The van der Waals surface area contributed by atoms with Crippen molar-refractivity contribution < 1.29 is 14.7 Å². The van der Waals surface area contributed by atoms with Gasteiger partial charge in [-0.2, -0.15) is 4.52 Å². The molecule has 4 rings (SSSR count). The number of carboxylic acid groups (broad SMARTS) is 1. The molecule has 0 saturated heterocycles. The van der Waals surface area contributed by atoms with Crippen molar-refractivity contribution in [1.82, 2.24) is 25.1 Å². The molecule has 0 saturated carbocycles. The van der Waals surface area contributed by atoms with Crippen LogP contribution < -0.4 is 27.2 Å². The molecule has 0 bridgehead atoms. The highest BCUT2D eigenvalue weighted by atomic mass is 16.4. The molecule has 12 heteroatoms. The Hall–Kier alpha value is -4.61.